The summed E-state index contributed by atoms with van der Waals surface area (Å²) in [5.41, 5.74) is 7.05. The van der Waals surface area contributed by atoms with Gasteiger partial charge in [-0.2, -0.15) is 0 Å². The van der Waals surface area contributed by atoms with Gasteiger partial charge in [-0.1, -0.05) is 48.5 Å². The molecular weight excluding hydrogens is 440 g/mol. The average Bonchev–Trinajstić information content (AvgIpc) is 3.46. The zero-order chi connectivity index (χ0) is 23.4. The molecule has 9 rings (SSSR count). The van der Waals surface area contributed by atoms with Gasteiger partial charge in [0.2, 0.25) is 0 Å². The van der Waals surface area contributed by atoms with Gasteiger partial charge in [0.05, 0.1) is 40.0 Å². The van der Waals surface area contributed by atoms with Crippen LogP contribution in [0.5, 0.6) is 0 Å². The van der Waals surface area contributed by atoms with Crippen molar-refractivity contribution in [1.82, 2.24) is 18.9 Å². The lowest BCUT2D eigenvalue weighted by molar-refractivity contribution is 1.18. The van der Waals surface area contributed by atoms with E-state index >= 15 is 0 Å². The Bertz CT molecular complexity index is 2300. The summed E-state index contributed by atoms with van der Waals surface area (Å²) < 4.78 is 4.80. The molecular formula is C32H18N4. The smallest absolute Gasteiger partial charge is 0.0726 e. The molecule has 0 aliphatic heterocycles. The minimum absolute atomic E-state index is 1.11. The van der Waals surface area contributed by atoms with Crippen molar-refractivity contribution in [2.75, 3.05) is 0 Å². The Kier molecular flexibility index (Phi) is 3.25. The topological polar surface area (TPSA) is 35.1 Å². The molecule has 0 fully saturated rings. The fourth-order valence-electron chi connectivity index (χ4n) is 6.43. The number of fused-ring (bicyclic) bond motifs is 9. The van der Waals surface area contributed by atoms with Crippen LogP contribution in [0.1, 0.15) is 0 Å². The molecule has 0 saturated carbocycles. The van der Waals surface area contributed by atoms with Crippen LogP contribution in [-0.2, 0) is 0 Å². The van der Waals surface area contributed by atoms with Gasteiger partial charge in [-0.15, -0.1) is 0 Å². The van der Waals surface area contributed by atoms with E-state index in [1.54, 1.807) is 0 Å². The summed E-state index contributed by atoms with van der Waals surface area (Å²) in [6.07, 6.45) is 7.76. The fourth-order valence-corrected chi connectivity index (χ4v) is 6.43. The van der Waals surface area contributed by atoms with E-state index in [-0.39, 0.29) is 0 Å². The van der Waals surface area contributed by atoms with Gasteiger partial charge in [-0.05, 0) is 47.2 Å². The van der Waals surface area contributed by atoms with Crippen LogP contribution in [0.25, 0.3) is 76.4 Å². The average molecular weight is 459 g/mol. The molecule has 0 N–H and O–H groups in total. The van der Waals surface area contributed by atoms with Crippen LogP contribution in [0.2, 0.25) is 0 Å². The van der Waals surface area contributed by atoms with Gasteiger partial charge >= 0.3 is 0 Å². The van der Waals surface area contributed by atoms with E-state index < -0.39 is 0 Å². The molecule has 4 nitrogen and oxygen atoms in total. The lowest BCUT2D eigenvalue weighted by atomic mass is 9.96. The molecule has 0 saturated heterocycles. The van der Waals surface area contributed by atoms with Crippen molar-refractivity contribution >= 4 is 70.7 Å². The van der Waals surface area contributed by atoms with Gasteiger partial charge in [0, 0.05) is 50.4 Å². The van der Waals surface area contributed by atoms with Crippen LogP contribution in [-0.4, -0.2) is 18.9 Å². The van der Waals surface area contributed by atoms with Crippen LogP contribution < -0.4 is 0 Å². The zero-order valence-electron chi connectivity index (χ0n) is 19.2. The predicted octanol–water partition coefficient (Wildman–Crippen LogP) is 7.88. The first-order chi connectivity index (χ1) is 17.9. The number of benzene rings is 4. The largest absolute Gasteiger partial charge is 0.309 e. The van der Waals surface area contributed by atoms with Crippen molar-refractivity contribution in [2.24, 2.45) is 0 Å². The molecule has 166 valence electrons. The Labute approximate surface area is 205 Å². The summed E-state index contributed by atoms with van der Waals surface area (Å²) in [6, 6.07) is 30.7. The molecule has 0 unspecified atom stereocenters. The van der Waals surface area contributed by atoms with E-state index in [9.17, 15) is 0 Å². The molecule has 4 heteroatoms. The van der Waals surface area contributed by atoms with Crippen LogP contribution >= 0.6 is 0 Å². The summed E-state index contributed by atoms with van der Waals surface area (Å²) >= 11 is 0. The van der Waals surface area contributed by atoms with Gasteiger partial charge in [-0.25, -0.2) is 0 Å². The standard InChI is InChI=1S/C32H18N4/c1-2-8-20(9-3-1)35-26-11-5-7-19-6-4-10-22(29(19)26)25-16-24-21-12-14-33-17-27(21)36-28-18-34-15-13-23(28)30(31(25)35)32(24)36/h1-18H. The fraction of sp³-hybridized carbons (Fsp3) is 0. The van der Waals surface area contributed by atoms with Crippen molar-refractivity contribution < 1.29 is 0 Å². The Morgan fingerprint density at radius 1 is 0.500 bits per heavy atom. The highest BCUT2D eigenvalue weighted by molar-refractivity contribution is 6.35. The highest BCUT2D eigenvalue weighted by Gasteiger charge is 2.24. The number of pyridine rings is 3. The maximum atomic E-state index is 4.51. The molecule has 0 spiro atoms. The quantitative estimate of drug-likeness (QED) is 0.185. The van der Waals surface area contributed by atoms with Gasteiger partial charge < -0.3 is 8.97 Å². The van der Waals surface area contributed by atoms with Crippen molar-refractivity contribution in [3.63, 3.8) is 0 Å². The van der Waals surface area contributed by atoms with Crippen molar-refractivity contribution in [1.29, 1.82) is 0 Å². The van der Waals surface area contributed by atoms with Crippen LogP contribution in [0.15, 0.2) is 110 Å². The van der Waals surface area contributed by atoms with Crippen LogP contribution in [0, 0.1) is 0 Å². The van der Waals surface area contributed by atoms with E-state index in [1.807, 2.05) is 24.8 Å². The van der Waals surface area contributed by atoms with E-state index in [1.165, 1.54) is 59.6 Å². The Hall–Kier alpha value is -4.96. The van der Waals surface area contributed by atoms with E-state index in [0.717, 1.165) is 16.7 Å². The van der Waals surface area contributed by atoms with Crippen molar-refractivity contribution in [3.05, 3.63) is 110 Å². The normalized spacial score (nSPS) is 12.4. The molecule has 36 heavy (non-hydrogen) atoms. The molecule has 0 bridgehead atoms. The van der Waals surface area contributed by atoms with Crippen molar-refractivity contribution in [2.45, 2.75) is 0 Å². The predicted molar refractivity (Wildman–Crippen MR) is 149 cm³/mol. The summed E-state index contributed by atoms with van der Waals surface area (Å²) in [5.74, 6) is 0. The molecule has 5 heterocycles. The lowest BCUT2D eigenvalue weighted by Gasteiger charge is -2.20. The number of para-hydroxylation sites is 1. The molecule has 0 amide bonds. The summed E-state index contributed by atoms with van der Waals surface area (Å²) in [6.45, 7) is 0. The highest BCUT2D eigenvalue weighted by atomic mass is 15.0. The van der Waals surface area contributed by atoms with Gasteiger partial charge in [-0.3, -0.25) is 9.97 Å². The van der Waals surface area contributed by atoms with E-state index in [2.05, 4.69) is 104 Å². The lowest BCUT2D eigenvalue weighted by Crippen LogP contribution is -2.01. The number of nitrogens with zero attached hydrogens (tertiary/aromatic N) is 4. The van der Waals surface area contributed by atoms with Gasteiger partial charge in [0.25, 0.3) is 0 Å². The zero-order valence-corrected chi connectivity index (χ0v) is 19.2. The minimum Gasteiger partial charge on any atom is -0.309 e. The third-order valence-corrected chi connectivity index (χ3v) is 7.79. The summed E-state index contributed by atoms with van der Waals surface area (Å²) in [5, 5.41) is 10.0. The van der Waals surface area contributed by atoms with Gasteiger partial charge in [0.1, 0.15) is 0 Å². The number of rotatable bonds is 1. The monoisotopic (exact) mass is 458 g/mol. The molecule has 0 radical (unpaired) electrons. The Morgan fingerprint density at radius 3 is 2.06 bits per heavy atom. The molecule has 0 aliphatic rings. The molecule has 9 aromatic rings. The Morgan fingerprint density at radius 2 is 1.22 bits per heavy atom. The molecule has 0 aliphatic carbocycles. The second kappa shape index (κ2) is 6.37. The highest BCUT2D eigenvalue weighted by Crippen LogP contribution is 2.46. The number of hydrogen-bond donors (Lipinski definition) is 0. The molecule has 5 aromatic heterocycles. The van der Waals surface area contributed by atoms with Gasteiger partial charge in [0.15, 0.2) is 0 Å². The first-order valence-corrected chi connectivity index (χ1v) is 12.2. The summed E-state index contributed by atoms with van der Waals surface area (Å²) in [4.78, 5) is 9.00. The second-order valence-corrected chi connectivity index (χ2v) is 9.52. The minimum atomic E-state index is 1.11. The van der Waals surface area contributed by atoms with Crippen LogP contribution in [0.3, 0.4) is 0 Å². The Balaban J connectivity index is 1.73. The maximum absolute atomic E-state index is 4.51. The summed E-state index contributed by atoms with van der Waals surface area (Å²) in [7, 11) is 0. The number of hydrogen-bond acceptors (Lipinski definition) is 2. The second-order valence-electron chi connectivity index (χ2n) is 9.52. The molecule has 0 atom stereocenters. The van der Waals surface area contributed by atoms with E-state index in [0.29, 0.717) is 0 Å². The number of aromatic nitrogens is 4. The third kappa shape index (κ3) is 2.07. The maximum Gasteiger partial charge on any atom is 0.0726 e. The SMILES string of the molecule is c1ccc(-n2c3cccc4cccc(c5cc6c7ccncc7n7c8cnccc8c(c52)c67)c43)cc1. The third-order valence-electron chi connectivity index (χ3n) is 7.79. The van der Waals surface area contributed by atoms with Crippen molar-refractivity contribution in [3.8, 4) is 5.69 Å². The first kappa shape index (κ1) is 18.4. The molecule has 4 aromatic carbocycles. The van der Waals surface area contributed by atoms with E-state index in [4.69, 9.17) is 0 Å². The van der Waals surface area contributed by atoms with Crippen LogP contribution in [0.4, 0.5) is 0 Å². The first-order valence-electron chi connectivity index (χ1n) is 12.2.